The molecule has 3 rings (SSSR count). The largest absolute Gasteiger partial charge is 0.388 e. The van der Waals surface area contributed by atoms with Crippen LogP contribution in [0.3, 0.4) is 0 Å². The van der Waals surface area contributed by atoms with Gasteiger partial charge in [0.25, 0.3) is 0 Å². The minimum Gasteiger partial charge on any atom is -0.388 e. The Morgan fingerprint density at radius 2 is 1.74 bits per heavy atom. The number of hydrogen-bond donors (Lipinski definition) is 3. The molecule has 0 bridgehead atoms. The molecule has 132 valence electrons. The monoisotopic (exact) mass is 323 g/mol. The van der Waals surface area contributed by atoms with Gasteiger partial charge in [-0.2, -0.15) is 0 Å². The summed E-state index contributed by atoms with van der Waals surface area (Å²) >= 11 is 0. The van der Waals surface area contributed by atoms with E-state index in [2.05, 4.69) is 15.5 Å². The van der Waals surface area contributed by atoms with E-state index in [9.17, 15) is 9.90 Å². The van der Waals surface area contributed by atoms with Crippen LogP contribution in [0.4, 0.5) is 4.79 Å². The fourth-order valence-corrected chi connectivity index (χ4v) is 4.55. The van der Waals surface area contributed by atoms with Crippen LogP contribution in [0.1, 0.15) is 70.6 Å². The van der Waals surface area contributed by atoms with Crippen LogP contribution in [0, 0.1) is 0 Å². The van der Waals surface area contributed by atoms with E-state index in [0.29, 0.717) is 6.54 Å². The first kappa shape index (κ1) is 17.0. The highest BCUT2D eigenvalue weighted by molar-refractivity contribution is 5.74. The summed E-state index contributed by atoms with van der Waals surface area (Å²) in [7, 11) is 0. The summed E-state index contributed by atoms with van der Waals surface area (Å²) in [4.78, 5) is 14.7. The fourth-order valence-electron chi connectivity index (χ4n) is 4.55. The minimum absolute atomic E-state index is 0.110. The highest BCUT2D eigenvalue weighted by atomic mass is 16.3. The highest BCUT2D eigenvalue weighted by Crippen LogP contribution is 2.27. The Kier molecular flexibility index (Phi) is 5.81. The molecule has 1 heterocycles. The lowest BCUT2D eigenvalue weighted by Gasteiger charge is -2.27. The van der Waals surface area contributed by atoms with Crippen LogP contribution in [0.2, 0.25) is 0 Å². The molecule has 3 aliphatic rings. The molecule has 1 aliphatic heterocycles. The third-order valence-electron chi connectivity index (χ3n) is 6.01. The molecule has 2 amide bonds. The number of carbonyl (C=O) groups excluding carboxylic acids is 1. The Balaban J connectivity index is 1.37. The maximum atomic E-state index is 12.1. The summed E-state index contributed by atoms with van der Waals surface area (Å²) in [6.45, 7) is 2.49. The van der Waals surface area contributed by atoms with E-state index in [1.807, 2.05) is 0 Å². The number of urea groups is 1. The third-order valence-corrected chi connectivity index (χ3v) is 6.01. The van der Waals surface area contributed by atoms with Crippen molar-refractivity contribution in [2.24, 2.45) is 0 Å². The molecule has 2 aliphatic carbocycles. The second kappa shape index (κ2) is 7.84. The van der Waals surface area contributed by atoms with Crippen LogP contribution in [0.15, 0.2) is 0 Å². The number of amides is 2. The quantitative estimate of drug-likeness (QED) is 0.696. The van der Waals surface area contributed by atoms with Gasteiger partial charge in [0.15, 0.2) is 0 Å². The molecule has 5 nitrogen and oxygen atoms in total. The van der Waals surface area contributed by atoms with E-state index in [0.717, 1.165) is 51.2 Å². The molecule has 1 unspecified atom stereocenters. The Labute approximate surface area is 140 Å². The first-order valence-electron chi connectivity index (χ1n) is 9.65. The van der Waals surface area contributed by atoms with Gasteiger partial charge in [0, 0.05) is 31.7 Å². The Morgan fingerprint density at radius 1 is 1.04 bits per heavy atom. The molecule has 0 aromatic carbocycles. The smallest absolute Gasteiger partial charge is 0.315 e. The third kappa shape index (κ3) is 4.83. The molecule has 1 atom stereocenters. The molecule has 1 saturated heterocycles. The Bertz CT molecular complexity index is 388. The molecule has 0 spiro atoms. The molecule has 2 saturated carbocycles. The molecule has 0 radical (unpaired) electrons. The van der Waals surface area contributed by atoms with Gasteiger partial charge in [0.1, 0.15) is 0 Å². The predicted octanol–water partition coefficient (Wildman–Crippen LogP) is 2.39. The number of likely N-dealkylation sites (tertiary alicyclic amines) is 1. The van der Waals surface area contributed by atoms with Crippen molar-refractivity contribution in [3.63, 3.8) is 0 Å². The standard InChI is InChI=1S/C18H33N3O2/c22-17(19-14-18(23)10-5-1-2-6-11-18)20-15-9-12-21(13-15)16-7-3-4-8-16/h15-16,23H,1-14H2,(H2,19,20,22). The van der Waals surface area contributed by atoms with Gasteiger partial charge in [-0.3, -0.25) is 4.90 Å². The highest BCUT2D eigenvalue weighted by Gasteiger charge is 2.32. The maximum Gasteiger partial charge on any atom is 0.315 e. The molecule has 5 heteroatoms. The molecule has 23 heavy (non-hydrogen) atoms. The summed E-state index contributed by atoms with van der Waals surface area (Å²) < 4.78 is 0. The molecule has 3 fully saturated rings. The van der Waals surface area contributed by atoms with Crippen molar-refractivity contribution in [2.75, 3.05) is 19.6 Å². The second-order valence-electron chi connectivity index (χ2n) is 7.88. The Hall–Kier alpha value is -0.810. The van der Waals surface area contributed by atoms with Crippen LogP contribution in [-0.4, -0.2) is 53.4 Å². The van der Waals surface area contributed by atoms with Gasteiger partial charge in [0.2, 0.25) is 0 Å². The lowest BCUT2D eigenvalue weighted by atomic mass is 9.94. The van der Waals surface area contributed by atoms with Crippen molar-refractivity contribution in [2.45, 2.75) is 88.3 Å². The molecule has 0 aromatic rings. The molecule has 0 aromatic heterocycles. The fraction of sp³-hybridized carbons (Fsp3) is 0.944. The minimum atomic E-state index is -0.695. The molecule has 3 N–H and O–H groups in total. The molecular formula is C18H33N3O2. The average molecular weight is 323 g/mol. The van der Waals surface area contributed by atoms with Gasteiger partial charge in [-0.15, -0.1) is 0 Å². The van der Waals surface area contributed by atoms with E-state index in [1.54, 1.807) is 0 Å². The molecular weight excluding hydrogens is 290 g/mol. The summed E-state index contributed by atoms with van der Waals surface area (Å²) in [6.07, 6.45) is 12.6. The first-order valence-corrected chi connectivity index (χ1v) is 9.65. The van der Waals surface area contributed by atoms with E-state index in [-0.39, 0.29) is 12.1 Å². The van der Waals surface area contributed by atoms with Gasteiger partial charge < -0.3 is 15.7 Å². The summed E-state index contributed by atoms with van der Waals surface area (Å²) in [6, 6.07) is 0.900. The van der Waals surface area contributed by atoms with E-state index in [1.165, 1.54) is 38.5 Å². The number of aliphatic hydroxyl groups is 1. The van der Waals surface area contributed by atoms with Gasteiger partial charge in [-0.25, -0.2) is 4.79 Å². The van der Waals surface area contributed by atoms with Crippen LogP contribution >= 0.6 is 0 Å². The van der Waals surface area contributed by atoms with Gasteiger partial charge in [-0.1, -0.05) is 38.5 Å². The van der Waals surface area contributed by atoms with Crippen molar-refractivity contribution in [1.29, 1.82) is 0 Å². The maximum absolute atomic E-state index is 12.1. The first-order chi connectivity index (χ1) is 11.1. The van der Waals surface area contributed by atoms with Crippen molar-refractivity contribution in [3.8, 4) is 0 Å². The van der Waals surface area contributed by atoms with Gasteiger partial charge in [-0.05, 0) is 32.1 Å². The van der Waals surface area contributed by atoms with E-state index >= 15 is 0 Å². The Morgan fingerprint density at radius 3 is 2.43 bits per heavy atom. The van der Waals surface area contributed by atoms with Crippen LogP contribution in [0.5, 0.6) is 0 Å². The van der Waals surface area contributed by atoms with E-state index in [4.69, 9.17) is 0 Å². The van der Waals surface area contributed by atoms with Gasteiger partial charge >= 0.3 is 6.03 Å². The number of hydrogen-bond acceptors (Lipinski definition) is 3. The summed E-state index contributed by atoms with van der Waals surface area (Å²) in [5.41, 5.74) is -0.695. The second-order valence-corrected chi connectivity index (χ2v) is 7.88. The predicted molar refractivity (Wildman–Crippen MR) is 91.4 cm³/mol. The van der Waals surface area contributed by atoms with Crippen molar-refractivity contribution >= 4 is 6.03 Å². The normalized spacial score (nSPS) is 29.3. The SMILES string of the molecule is O=C(NCC1(O)CCCCCC1)NC1CCN(C2CCCC2)C1. The van der Waals surface area contributed by atoms with E-state index < -0.39 is 5.60 Å². The average Bonchev–Trinajstić information content (AvgIpc) is 3.16. The van der Waals surface area contributed by atoms with Crippen molar-refractivity contribution < 1.29 is 9.90 Å². The van der Waals surface area contributed by atoms with Crippen molar-refractivity contribution in [3.05, 3.63) is 0 Å². The van der Waals surface area contributed by atoms with Crippen molar-refractivity contribution in [1.82, 2.24) is 15.5 Å². The van der Waals surface area contributed by atoms with Crippen LogP contribution < -0.4 is 10.6 Å². The summed E-state index contributed by atoms with van der Waals surface area (Å²) in [5.74, 6) is 0. The lowest BCUT2D eigenvalue weighted by Crippen LogP contribution is -2.49. The topological polar surface area (TPSA) is 64.6 Å². The lowest BCUT2D eigenvalue weighted by molar-refractivity contribution is 0.0276. The van der Waals surface area contributed by atoms with Gasteiger partial charge in [0.05, 0.1) is 5.60 Å². The number of carbonyl (C=O) groups is 1. The zero-order valence-electron chi connectivity index (χ0n) is 14.4. The van der Waals surface area contributed by atoms with Crippen LogP contribution in [-0.2, 0) is 0 Å². The zero-order chi connectivity index (χ0) is 16.1. The summed E-state index contributed by atoms with van der Waals surface area (Å²) in [5, 5.41) is 16.6. The number of nitrogens with one attached hydrogen (secondary N) is 2. The zero-order valence-corrected chi connectivity index (χ0v) is 14.4. The van der Waals surface area contributed by atoms with Crippen LogP contribution in [0.25, 0.3) is 0 Å². The number of nitrogens with zero attached hydrogens (tertiary/aromatic N) is 1. The number of rotatable bonds is 4.